The van der Waals surface area contributed by atoms with Crippen molar-refractivity contribution in [1.82, 2.24) is 9.21 Å². The van der Waals surface area contributed by atoms with E-state index in [-0.39, 0.29) is 4.90 Å². The van der Waals surface area contributed by atoms with Gasteiger partial charge in [-0.1, -0.05) is 12.1 Å². The first-order valence-corrected chi connectivity index (χ1v) is 8.48. The number of likely N-dealkylation sites (tertiary alicyclic amines) is 1. The molecule has 21 heavy (non-hydrogen) atoms. The fraction of sp³-hybridized carbons (Fsp3) is 0.533. The molecule has 1 aromatic carbocycles. The van der Waals surface area contributed by atoms with Crippen LogP contribution in [0.1, 0.15) is 12.0 Å². The van der Waals surface area contributed by atoms with Gasteiger partial charge in [0.1, 0.15) is 0 Å². The Hall–Kier alpha value is -1.42. The first-order chi connectivity index (χ1) is 9.93. The predicted octanol–water partition coefficient (Wildman–Crippen LogP) is 1.32. The maximum atomic E-state index is 12.5. The van der Waals surface area contributed by atoms with Crippen molar-refractivity contribution in [3.05, 3.63) is 29.8 Å². The predicted molar refractivity (Wildman–Crippen MR) is 81.2 cm³/mol. The molecule has 0 N–H and O–H groups in total. The second-order valence-electron chi connectivity index (χ2n) is 5.68. The Labute approximate surface area is 126 Å². The molecule has 0 aromatic heterocycles. The number of hydrogen-bond donors (Lipinski definition) is 0. The number of nitriles is 1. The molecule has 1 heterocycles. The normalized spacial score (nSPS) is 19.8. The summed E-state index contributed by atoms with van der Waals surface area (Å²) in [6, 6.07) is 8.62. The van der Waals surface area contributed by atoms with Crippen LogP contribution in [0.4, 0.5) is 0 Å². The van der Waals surface area contributed by atoms with Gasteiger partial charge in [-0.05, 0) is 43.6 Å². The van der Waals surface area contributed by atoms with Gasteiger partial charge in [-0.25, -0.2) is 12.7 Å². The third kappa shape index (κ3) is 3.82. The van der Waals surface area contributed by atoms with Crippen LogP contribution in [0.3, 0.4) is 0 Å². The molecular formula is C15H21N3O2S. The largest absolute Gasteiger partial charge is 0.306 e. The third-order valence-electron chi connectivity index (χ3n) is 3.92. The van der Waals surface area contributed by atoms with Crippen LogP contribution in [0.5, 0.6) is 0 Å². The van der Waals surface area contributed by atoms with E-state index in [1.165, 1.54) is 4.31 Å². The molecule has 1 saturated heterocycles. The fourth-order valence-corrected chi connectivity index (χ4v) is 3.93. The molecule has 1 aliphatic rings. The van der Waals surface area contributed by atoms with Crippen molar-refractivity contribution in [3.8, 4) is 6.07 Å². The zero-order valence-electron chi connectivity index (χ0n) is 12.5. The quantitative estimate of drug-likeness (QED) is 0.823. The van der Waals surface area contributed by atoms with Crippen molar-refractivity contribution in [3.63, 3.8) is 0 Å². The zero-order chi connectivity index (χ0) is 15.5. The average molecular weight is 307 g/mol. The molecule has 0 radical (unpaired) electrons. The van der Waals surface area contributed by atoms with Crippen molar-refractivity contribution in [2.24, 2.45) is 5.92 Å². The summed E-state index contributed by atoms with van der Waals surface area (Å²) in [5, 5.41) is 8.64. The molecule has 1 aliphatic heterocycles. The fourth-order valence-electron chi connectivity index (χ4n) is 2.69. The van der Waals surface area contributed by atoms with Crippen LogP contribution < -0.4 is 0 Å². The SMILES string of the molecule is CN1CCC(CN(C)S(=O)(=O)c2ccc(CC#N)cc2)C1. The molecule has 2 rings (SSSR count). The van der Waals surface area contributed by atoms with E-state index >= 15 is 0 Å². The number of benzene rings is 1. The Morgan fingerprint density at radius 1 is 1.38 bits per heavy atom. The summed E-state index contributed by atoms with van der Waals surface area (Å²) < 4.78 is 26.5. The second kappa shape index (κ2) is 6.56. The van der Waals surface area contributed by atoms with E-state index < -0.39 is 10.0 Å². The molecule has 0 bridgehead atoms. The van der Waals surface area contributed by atoms with E-state index in [2.05, 4.69) is 18.0 Å². The molecule has 0 spiro atoms. The first kappa shape index (κ1) is 16.0. The monoisotopic (exact) mass is 307 g/mol. The molecule has 1 aromatic rings. The number of sulfonamides is 1. The maximum absolute atomic E-state index is 12.5. The summed E-state index contributed by atoms with van der Waals surface area (Å²) in [4.78, 5) is 2.51. The van der Waals surface area contributed by atoms with Gasteiger partial charge in [-0.3, -0.25) is 0 Å². The minimum Gasteiger partial charge on any atom is -0.306 e. The Kier molecular flexibility index (Phi) is 4.99. The molecule has 0 saturated carbocycles. The molecule has 1 unspecified atom stereocenters. The van der Waals surface area contributed by atoms with Gasteiger partial charge in [0.05, 0.1) is 17.4 Å². The number of rotatable bonds is 5. The standard InChI is InChI=1S/C15H21N3O2S/c1-17-10-8-14(11-17)12-18(2)21(19,20)15-5-3-13(4-6-15)7-9-16/h3-6,14H,7-8,10-12H2,1-2H3. The molecule has 5 nitrogen and oxygen atoms in total. The summed E-state index contributed by atoms with van der Waals surface area (Å²) in [7, 11) is 0.250. The van der Waals surface area contributed by atoms with Crippen molar-refractivity contribution in [2.75, 3.05) is 33.7 Å². The van der Waals surface area contributed by atoms with Crippen LogP contribution in [-0.2, 0) is 16.4 Å². The van der Waals surface area contributed by atoms with Crippen molar-refractivity contribution >= 4 is 10.0 Å². The Morgan fingerprint density at radius 3 is 2.57 bits per heavy atom. The van der Waals surface area contributed by atoms with Gasteiger partial charge in [0.25, 0.3) is 0 Å². The lowest BCUT2D eigenvalue weighted by Crippen LogP contribution is -2.32. The van der Waals surface area contributed by atoms with Crippen molar-refractivity contribution in [1.29, 1.82) is 5.26 Å². The van der Waals surface area contributed by atoms with Crippen LogP contribution in [0.2, 0.25) is 0 Å². The Balaban J connectivity index is 2.07. The number of hydrogen-bond acceptors (Lipinski definition) is 4. The average Bonchev–Trinajstić information content (AvgIpc) is 2.85. The van der Waals surface area contributed by atoms with Gasteiger partial charge < -0.3 is 4.90 Å². The summed E-state index contributed by atoms with van der Waals surface area (Å²) in [6.45, 7) is 2.52. The molecule has 0 aliphatic carbocycles. The highest BCUT2D eigenvalue weighted by molar-refractivity contribution is 7.89. The molecular weight excluding hydrogens is 286 g/mol. The van der Waals surface area contributed by atoms with Gasteiger partial charge in [-0.15, -0.1) is 0 Å². The van der Waals surface area contributed by atoms with E-state index in [1.807, 2.05) is 0 Å². The van der Waals surface area contributed by atoms with Crippen LogP contribution in [0.15, 0.2) is 29.2 Å². The molecule has 6 heteroatoms. The summed E-state index contributed by atoms with van der Waals surface area (Å²) in [6.07, 6.45) is 1.34. The maximum Gasteiger partial charge on any atom is 0.242 e. The third-order valence-corrected chi connectivity index (χ3v) is 5.76. The van der Waals surface area contributed by atoms with E-state index in [1.54, 1.807) is 31.3 Å². The minimum absolute atomic E-state index is 0.290. The lowest BCUT2D eigenvalue weighted by atomic mass is 10.1. The summed E-state index contributed by atoms with van der Waals surface area (Å²) in [5.41, 5.74) is 0.830. The summed E-state index contributed by atoms with van der Waals surface area (Å²) in [5.74, 6) is 0.396. The highest BCUT2D eigenvalue weighted by atomic mass is 32.2. The van der Waals surface area contributed by atoms with Crippen LogP contribution in [0, 0.1) is 17.2 Å². The van der Waals surface area contributed by atoms with Gasteiger partial charge in [0.2, 0.25) is 10.0 Å². The van der Waals surface area contributed by atoms with E-state index in [9.17, 15) is 8.42 Å². The van der Waals surface area contributed by atoms with E-state index in [4.69, 9.17) is 5.26 Å². The van der Waals surface area contributed by atoms with Crippen molar-refractivity contribution in [2.45, 2.75) is 17.7 Å². The van der Waals surface area contributed by atoms with Crippen molar-refractivity contribution < 1.29 is 8.42 Å². The van der Waals surface area contributed by atoms with E-state index in [0.717, 1.165) is 25.1 Å². The molecule has 1 fully saturated rings. The zero-order valence-corrected chi connectivity index (χ0v) is 13.3. The van der Waals surface area contributed by atoms with Gasteiger partial charge in [-0.2, -0.15) is 5.26 Å². The summed E-state index contributed by atoms with van der Waals surface area (Å²) >= 11 is 0. The smallest absolute Gasteiger partial charge is 0.242 e. The first-order valence-electron chi connectivity index (χ1n) is 7.04. The topological polar surface area (TPSA) is 64.4 Å². The highest BCUT2D eigenvalue weighted by Gasteiger charge is 2.27. The van der Waals surface area contributed by atoms with Gasteiger partial charge >= 0.3 is 0 Å². The van der Waals surface area contributed by atoms with Crippen LogP contribution >= 0.6 is 0 Å². The lowest BCUT2D eigenvalue weighted by molar-refractivity contribution is 0.357. The van der Waals surface area contributed by atoms with Crippen LogP contribution in [0.25, 0.3) is 0 Å². The van der Waals surface area contributed by atoms with E-state index in [0.29, 0.717) is 18.9 Å². The molecule has 114 valence electrons. The Morgan fingerprint density at radius 2 is 2.05 bits per heavy atom. The van der Waals surface area contributed by atoms with Gasteiger partial charge in [0, 0.05) is 20.1 Å². The lowest BCUT2D eigenvalue weighted by Gasteiger charge is -2.21. The Bertz CT molecular complexity index is 619. The molecule has 1 atom stereocenters. The van der Waals surface area contributed by atoms with Crippen LogP contribution in [-0.4, -0.2) is 51.4 Å². The van der Waals surface area contributed by atoms with Gasteiger partial charge in [0.15, 0.2) is 0 Å². The second-order valence-corrected chi connectivity index (χ2v) is 7.73. The molecule has 0 amide bonds. The minimum atomic E-state index is -3.44. The number of nitrogens with zero attached hydrogens (tertiary/aromatic N) is 3. The highest BCUT2D eigenvalue weighted by Crippen LogP contribution is 2.20.